The predicted molar refractivity (Wildman–Crippen MR) is 54.7 cm³/mol. The number of hydrogen-bond donors (Lipinski definition) is 0. The highest BCUT2D eigenvalue weighted by Crippen LogP contribution is 2.36. The van der Waals surface area contributed by atoms with E-state index in [1.54, 1.807) is 0 Å². The maximum Gasteiger partial charge on any atom is 0.163 e. The summed E-state index contributed by atoms with van der Waals surface area (Å²) in [6.45, 7) is 1.36. The van der Waals surface area contributed by atoms with Gasteiger partial charge in [-0.15, -0.1) is 0 Å². The second-order valence-electron chi connectivity index (χ2n) is 3.93. The Balaban J connectivity index is 2.10. The third-order valence-electron chi connectivity index (χ3n) is 2.90. The topological polar surface area (TPSA) is 35.5 Å². The molecule has 1 aromatic carbocycles. The third-order valence-corrected chi connectivity index (χ3v) is 2.90. The number of fused-ring (bicyclic) bond motifs is 2. The molecule has 3 rings (SSSR count). The molecule has 2 aliphatic rings. The molecule has 0 bridgehead atoms. The van der Waals surface area contributed by atoms with Crippen LogP contribution in [0.1, 0.15) is 28.8 Å². The summed E-state index contributed by atoms with van der Waals surface area (Å²) >= 11 is 0. The Hall–Kier alpha value is -1.51. The first-order valence-corrected chi connectivity index (χ1v) is 5.30. The molecule has 0 unspecified atom stereocenters. The first-order chi connectivity index (χ1) is 7.34. The highest BCUT2D eigenvalue weighted by atomic mass is 16.5. The molecule has 1 aromatic rings. The van der Waals surface area contributed by atoms with Gasteiger partial charge in [-0.3, -0.25) is 4.79 Å². The van der Waals surface area contributed by atoms with Crippen LogP contribution >= 0.6 is 0 Å². The monoisotopic (exact) mass is 204 g/mol. The van der Waals surface area contributed by atoms with Gasteiger partial charge in [0.05, 0.1) is 13.2 Å². The molecule has 1 heterocycles. The molecule has 0 amide bonds. The summed E-state index contributed by atoms with van der Waals surface area (Å²) in [5.74, 6) is 1.74. The van der Waals surface area contributed by atoms with E-state index in [0.29, 0.717) is 19.6 Å². The fourth-order valence-electron chi connectivity index (χ4n) is 2.10. The molecule has 1 aliphatic heterocycles. The molecule has 0 saturated heterocycles. The molecule has 0 saturated carbocycles. The van der Waals surface area contributed by atoms with Crippen molar-refractivity contribution in [2.24, 2.45) is 0 Å². The molecule has 15 heavy (non-hydrogen) atoms. The van der Waals surface area contributed by atoms with Gasteiger partial charge in [-0.25, -0.2) is 0 Å². The zero-order chi connectivity index (χ0) is 10.3. The lowest BCUT2D eigenvalue weighted by molar-refractivity contribution is 0.0994. The molecule has 0 spiro atoms. The van der Waals surface area contributed by atoms with Crippen LogP contribution in [0.25, 0.3) is 0 Å². The number of carbonyl (C=O) groups is 1. The number of aryl methyl sites for hydroxylation is 1. The summed E-state index contributed by atoms with van der Waals surface area (Å²) in [7, 11) is 0. The maximum absolute atomic E-state index is 11.5. The van der Waals surface area contributed by atoms with Gasteiger partial charge in [-0.2, -0.15) is 0 Å². The Bertz CT molecular complexity index is 423. The number of carbonyl (C=O) groups excluding carboxylic acids is 1. The van der Waals surface area contributed by atoms with Crippen molar-refractivity contribution in [1.29, 1.82) is 0 Å². The minimum Gasteiger partial charge on any atom is -0.490 e. The van der Waals surface area contributed by atoms with Crippen LogP contribution in [0.3, 0.4) is 0 Å². The van der Waals surface area contributed by atoms with Gasteiger partial charge in [-0.05, 0) is 24.1 Å². The maximum atomic E-state index is 11.5. The minimum absolute atomic E-state index is 0.223. The molecule has 0 radical (unpaired) electrons. The Morgan fingerprint density at radius 3 is 2.53 bits per heavy atom. The van der Waals surface area contributed by atoms with E-state index in [1.807, 2.05) is 12.1 Å². The standard InChI is InChI=1S/C12H12O3/c13-10-3-2-8-6-11-12(7-9(8)10)15-5-1-4-14-11/h6-7H,1-5H2. The number of hydrogen-bond acceptors (Lipinski definition) is 3. The zero-order valence-electron chi connectivity index (χ0n) is 8.41. The SMILES string of the molecule is O=C1CCc2cc3c(cc21)OCCCO3. The minimum atomic E-state index is 0.223. The molecule has 3 nitrogen and oxygen atoms in total. The second-order valence-corrected chi connectivity index (χ2v) is 3.93. The van der Waals surface area contributed by atoms with E-state index in [-0.39, 0.29) is 5.78 Å². The first-order valence-electron chi connectivity index (χ1n) is 5.30. The molecular weight excluding hydrogens is 192 g/mol. The lowest BCUT2D eigenvalue weighted by atomic mass is 10.1. The van der Waals surface area contributed by atoms with Crippen molar-refractivity contribution < 1.29 is 14.3 Å². The van der Waals surface area contributed by atoms with Gasteiger partial charge < -0.3 is 9.47 Å². The van der Waals surface area contributed by atoms with Gasteiger partial charge in [0.2, 0.25) is 0 Å². The van der Waals surface area contributed by atoms with Crippen molar-refractivity contribution in [3.8, 4) is 11.5 Å². The average Bonchev–Trinajstić information content (AvgIpc) is 2.49. The molecular formula is C12H12O3. The summed E-state index contributed by atoms with van der Waals surface area (Å²) in [4.78, 5) is 11.5. The number of ether oxygens (including phenoxy) is 2. The van der Waals surface area contributed by atoms with Crippen molar-refractivity contribution in [2.45, 2.75) is 19.3 Å². The summed E-state index contributed by atoms with van der Waals surface area (Å²) in [6.07, 6.45) is 2.36. The molecule has 0 atom stereocenters. The van der Waals surface area contributed by atoms with Crippen molar-refractivity contribution in [3.63, 3.8) is 0 Å². The van der Waals surface area contributed by atoms with Gasteiger partial charge >= 0.3 is 0 Å². The molecule has 3 heteroatoms. The van der Waals surface area contributed by atoms with Gasteiger partial charge in [0, 0.05) is 18.4 Å². The normalized spacial score (nSPS) is 18.5. The third kappa shape index (κ3) is 1.39. The van der Waals surface area contributed by atoms with Crippen LogP contribution < -0.4 is 9.47 Å². The van der Waals surface area contributed by atoms with Crippen LogP contribution in [0, 0.1) is 0 Å². The second kappa shape index (κ2) is 3.26. The highest BCUT2D eigenvalue weighted by Gasteiger charge is 2.23. The first kappa shape index (κ1) is 8.77. The van der Waals surface area contributed by atoms with Gasteiger partial charge in [-0.1, -0.05) is 0 Å². The van der Waals surface area contributed by atoms with E-state index in [4.69, 9.17) is 9.47 Å². The Labute approximate surface area is 88.0 Å². The fourth-order valence-corrected chi connectivity index (χ4v) is 2.10. The zero-order valence-corrected chi connectivity index (χ0v) is 8.41. The summed E-state index contributed by atoms with van der Waals surface area (Å²) in [6, 6.07) is 3.80. The van der Waals surface area contributed by atoms with E-state index in [9.17, 15) is 4.79 Å². The molecule has 78 valence electrons. The fraction of sp³-hybridized carbons (Fsp3) is 0.417. The number of Topliss-reactive ketones (excluding diaryl/α,β-unsaturated/α-hetero) is 1. The van der Waals surface area contributed by atoms with Crippen LogP contribution in [0.5, 0.6) is 11.5 Å². The number of benzene rings is 1. The summed E-state index contributed by atoms with van der Waals surface area (Å²) < 4.78 is 11.1. The number of ketones is 1. The van der Waals surface area contributed by atoms with E-state index in [1.165, 1.54) is 0 Å². The van der Waals surface area contributed by atoms with Gasteiger partial charge in [0.25, 0.3) is 0 Å². The van der Waals surface area contributed by atoms with Crippen LogP contribution in [0.4, 0.5) is 0 Å². The van der Waals surface area contributed by atoms with E-state index in [0.717, 1.165) is 35.5 Å². The smallest absolute Gasteiger partial charge is 0.163 e. The van der Waals surface area contributed by atoms with Crippen LogP contribution in [0.2, 0.25) is 0 Å². The van der Waals surface area contributed by atoms with Crippen molar-refractivity contribution in [3.05, 3.63) is 23.3 Å². The van der Waals surface area contributed by atoms with E-state index >= 15 is 0 Å². The van der Waals surface area contributed by atoms with Crippen molar-refractivity contribution >= 4 is 5.78 Å². The van der Waals surface area contributed by atoms with Crippen LogP contribution in [-0.4, -0.2) is 19.0 Å². The summed E-state index contributed by atoms with van der Waals surface area (Å²) in [5, 5.41) is 0. The lowest BCUT2D eigenvalue weighted by Crippen LogP contribution is -1.97. The molecule has 0 aromatic heterocycles. The van der Waals surface area contributed by atoms with Crippen LogP contribution in [0.15, 0.2) is 12.1 Å². The lowest BCUT2D eigenvalue weighted by Gasteiger charge is -2.08. The highest BCUT2D eigenvalue weighted by molar-refractivity contribution is 6.01. The van der Waals surface area contributed by atoms with Crippen molar-refractivity contribution in [2.75, 3.05) is 13.2 Å². The summed E-state index contributed by atoms with van der Waals surface area (Å²) in [5.41, 5.74) is 1.92. The van der Waals surface area contributed by atoms with Crippen molar-refractivity contribution in [1.82, 2.24) is 0 Å². The quantitative estimate of drug-likeness (QED) is 0.648. The van der Waals surface area contributed by atoms with Crippen LogP contribution in [-0.2, 0) is 6.42 Å². The Kier molecular flexibility index (Phi) is 1.91. The van der Waals surface area contributed by atoms with Gasteiger partial charge in [0.15, 0.2) is 17.3 Å². The number of rotatable bonds is 0. The Morgan fingerprint density at radius 2 is 1.73 bits per heavy atom. The predicted octanol–water partition coefficient (Wildman–Crippen LogP) is 1.98. The molecule has 1 aliphatic carbocycles. The van der Waals surface area contributed by atoms with E-state index in [2.05, 4.69) is 0 Å². The average molecular weight is 204 g/mol. The largest absolute Gasteiger partial charge is 0.490 e. The van der Waals surface area contributed by atoms with E-state index < -0.39 is 0 Å². The molecule has 0 N–H and O–H groups in total. The van der Waals surface area contributed by atoms with Gasteiger partial charge in [0.1, 0.15) is 0 Å². The molecule has 0 fully saturated rings. The Morgan fingerprint density at radius 1 is 1.00 bits per heavy atom.